The molecule has 1 aliphatic heterocycles. The number of hydrogen-bond acceptors (Lipinski definition) is 3. The van der Waals surface area contributed by atoms with Gasteiger partial charge in [-0.05, 0) is 43.5 Å². The molecule has 114 valence electrons. The van der Waals surface area contributed by atoms with E-state index < -0.39 is 0 Å². The van der Waals surface area contributed by atoms with Crippen molar-refractivity contribution in [2.45, 2.75) is 26.2 Å². The Bertz CT molecular complexity index is 489. The third-order valence-corrected chi connectivity index (χ3v) is 3.72. The second-order valence-electron chi connectivity index (χ2n) is 5.70. The molecule has 1 unspecified atom stereocenters. The minimum atomic E-state index is 0.109. The molecule has 1 aromatic carbocycles. The smallest absolute Gasteiger partial charge is 0.120 e. The molecule has 0 saturated carbocycles. The molecule has 1 N–H and O–H groups in total. The van der Waals surface area contributed by atoms with Crippen molar-refractivity contribution < 1.29 is 9.84 Å². The molecule has 0 amide bonds. The van der Waals surface area contributed by atoms with Gasteiger partial charge in [-0.3, -0.25) is 4.90 Å². The van der Waals surface area contributed by atoms with Crippen molar-refractivity contribution in [3.63, 3.8) is 0 Å². The molecule has 1 fully saturated rings. The Kier molecular flexibility index (Phi) is 6.59. The van der Waals surface area contributed by atoms with Gasteiger partial charge < -0.3 is 9.84 Å². The van der Waals surface area contributed by atoms with E-state index in [9.17, 15) is 0 Å². The summed E-state index contributed by atoms with van der Waals surface area (Å²) in [6.45, 7) is 6.53. The number of hydrogen-bond donors (Lipinski definition) is 1. The highest BCUT2D eigenvalue weighted by atomic mass is 16.5. The highest BCUT2D eigenvalue weighted by Crippen LogP contribution is 2.16. The molecule has 1 aliphatic rings. The molecule has 0 aromatic heterocycles. The second kappa shape index (κ2) is 8.71. The number of benzene rings is 1. The molecule has 0 aliphatic carbocycles. The fraction of sp³-hybridized carbons (Fsp3) is 0.556. The van der Waals surface area contributed by atoms with E-state index in [1.54, 1.807) is 0 Å². The molecule has 2 rings (SSSR count). The molecule has 1 atom stereocenters. The molecule has 21 heavy (non-hydrogen) atoms. The van der Waals surface area contributed by atoms with Crippen LogP contribution in [0.3, 0.4) is 0 Å². The SMILES string of the molecule is CC1CCCN(CCOc2cccc(C#CCCO)c2)C1. The summed E-state index contributed by atoms with van der Waals surface area (Å²) < 4.78 is 5.83. The van der Waals surface area contributed by atoms with E-state index >= 15 is 0 Å². The number of nitrogens with zero attached hydrogens (tertiary/aromatic N) is 1. The van der Waals surface area contributed by atoms with Gasteiger partial charge in [0.1, 0.15) is 12.4 Å². The molecule has 0 radical (unpaired) electrons. The predicted molar refractivity (Wildman–Crippen MR) is 85.4 cm³/mol. The number of likely N-dealkylation sites (tertiary alicyclic amines) is 1. The van der Waals surface area contributed by atoms with Crippen LogP contribution in [0.1, 0.15) is 31.7 Å². The van der Waals surface area contributed by atoms with Crippen LogP contribution >= 0.6 is 0 Å². The van der Waals surface area contributed by atoms with Gasteiger partial charge in [-0.1, -0.05) is 24.8 Å². The minimum Gasteiger partial charge on any atom is -0.492 e. The Balaban J connectivity index is 1.78. The summed E-state index contributed by atoms with van der Waals surface area (Å²) in [5, 5.41) is 8.73. The summed E-state index contributed by atoms with van der Waals surface area (Å²) in [7, 11) is 0. The second-order valence-corrected chi connectivity index (χ2v) is 5.70. The summed E-state index contributed by atoms with van der Waals surface area (Å²) in [5.74, 6) is 7.64. The quantitative estimate of drug-likeness (QED) is 0.845. The van der Waals surface area contributed by atoms with Crippen molar-refractivity contribution >= 4 is 0 Å². The van der Waals surface area contributed by atoms with E-state index in [1.807, 2.05) is 24.3 Å². The lowest BCUT2D eigenvalue weighted by molar-refractivity contribution is 0.153. The number of aliphatic hydroxyl groups is 1. The van der Waals surface area contributed by atoms with E-state index in [-0.39, 0.29) is 6.61 Å². The van der Waals surface area contributed by atoms with Gasteiger partial charge in [-0.25, -0.2) is 0 Å². The van der Waals surface area contributed by atoms with Gasteiger partial charge in [0.25, 0.3) is 0 Å². The van der Waals surface area contributed by atoms with Crippen LogP contribution < -0.4 is 4.74 Å². The van der Waals surface area contributed by atoms with Gasteiger partial charge in [0.15, 0.2) is 0 Å². The monoisotopic (exact) mass is 287 g/mol. The predicted octanol–water partition coefficient (Wildman–Crippen LogP) is 2.53. The highest BCUT2D eigenvalue weighted by Gasteiger charge is 2.15. The van der Waals surface area contributed by atoms with E-state index in [0.717, 1.165) is 30.4 Å². The average molecular weight is 287 g/mol. The molecule has 1 saturated heterocycles. The van der Waals surface area contributed by atoms with Gasteiger partial charge in [-0.2, -0.15) is 0 Å². The highest BCUT2D eigenvalue weighted by molar-refractivity contribution is 5.39. The van der Waals surface area contributed by atoms with Gasteiger partial charge in [0.2, 0.25) is 0 Å². The van der Waals surface area contributed by atoms with Crippen LogP contribution in [0.2, 0.25) is 0 Å². The normalized spacial score (nSPS) is 18.9. The van der Waals surface area contributed by atoms with Crippen LogP contribution in [0.25, 0.3) is 0 Å². The number of aliphatic hydroxyl groups excluding tert-OH is 1. The van der Waals surface area contributed by atoms with E-state index in [1.165, 1.54) is 25.9 Å². The Morgan fingerprint density at radius 1 is 1.43 bits per heavy atom. The summed E-state index contributed by atoms with van der Waals surface area (Å²) in [5.41, 5.74) is 0.938. The Labute approximate surface area is 127 Å². The summed E-state index contributed by atoms with van der Waals surface area (Å²) >= 11 is 0. The number of ether oxygens (including phenoxy) is 1. The molecular formula is C18H25NO2. The molecule has 0 spiro atoms. The molecule has 0 bridgehead atoms. The van der Waals surface area contributed by atoms with Gasteiger partial charge in [-0.15, -0.1) is 0 Å². The van der Waals surface area contributed by atoms with E-state index in [4.69, 9.17) is 9.84 Å². The third kappa shape index (κ3) is 5.79. The lowest BCUT2D eigenvalue weighted by Crippen LogP contribution is -2.37. The first-order chi connectivity index (χ1) is 10.3. The van der Waals surface area contributed by atoms with Gasteiger partial charge in [0, 0.05) is 25.1 Å². The first-order valence-electron chi connectivity index (χ1n) is 7.83. The van der Waals surface area contributed by atoms with Crippen LogP contribution in [-0.4, -0.2) is 42.9 Å². The Morgan fingerprint density at radius 2 is 2.33 bits per heavy atom. The fourth-order valence-electron chi connectivity index (χ4n) is 2.67. The van der Waals surface area contributed by atoms with Crippen molar-refractivity contribution in [2.75, 3.05) is 32.8 Å². The molecule has 3 nitrogen and oxygen atoms in total. The van der Waals surface area contributed by atoms with Gasteiger partial charge >= 0.3 is 0 Å². The van der Waals surface area contributed by atoms with Gasteiger partial charge in [0.05, 0.1) is 6.61 Å². The lowest BCUT2D eigenvalue weighted by Gasteiger charge is -2.30. The summed E-state index contributed by atoms with van der Waals surface area (Å²) in [4.78, 5) is 2.49. The first-order valence-corrected chi connectivity index (χ1v) is 7.83. The zero-order valence-electron chi connectivity index (χ0n) is 12.8. The Morgan fingerprint density at radius 3 is 3.14 bits per heavy atom. The maximum Gasteiger partial charge on any atom is 0.120 e. The maximum absolute atomic E-state index is 8.73. The van der Waals surface area contributed by atoms with Crippen molar-refractivity contribution in [3.05, 3.63) is 29.8 Å². The van der Waals surface area contributed by atoms with Crippen LogP contribution in [0.15, 0.2) is 24.3 Å². The number of piperidine rings is 1. The molecule has 1 heterocycles. The van der Waals surface area contributed by atoms with Crippen molar-refractivity contribution in [1.82, 2.24) is 4.90 Å². The first kappa shape index (κ1) is 15.9. The summed E-state index contributed by atoms with van der Waals surface area (Å²) in [6, 6.07) is 7.85. The van der Waals surface area contributed by atoms with Crippen molar-refractivity contribution in [2.24, 2.45) is 5.92 Å². The van der Waals surface area contributed by atoms with Crippen molar-refractivity contribution in [1.29, 1.82) is 0 Å². The fourth-order valence-corrected chi connectivity index (χ4v) is 2.67. The topological polar surface area (TPSA) is 32.7 Å². The van der Waals surface area contributed by atoms with Crippen LogP contribution in [0.4, 0.5) is 0 Å². The minimum absolute atomic E-state index is 0.109. The van der Waals surface area contributed by atoms with E-state index in [0.29, 0.717) is 6.42 Å². The molecule has 3 heteroatoms. The van der Waals surface area contributed by atoms with E-state index in [2.05, 4.69) is 23.7 Å². The standard InChI is InChI=1S/C18H25NO2/c1-16-6-5-10-19(15-16)11-13-21-18-9-4-8-17(14-18)7-2-3-12-20/h4,8-9,14,16,20H,3,5-6,10-13,15H2,1H3. The largest absolute Gasteiger partial charge is 0.492 e. The average Bonchev–Trinajstić information content (AvgIpc) is 2.48. The zero-order chi connectivity index (χ0) is 14.9. The maximum atomic E-state index is 8.73. The Hall–Kier alpha value is -1.50. The lowest BCUT2D eigenvalue weighted by atomic mass is 10.0. The summed E-state index contributed by atoms with van der Waals surface area (Å²) in [6.07, 6.45) is 3.17. The van der Waals surface area contributed by atoms with Crippen LogP contribution in [0.5, 0.6) is 5.75 Å². The number of rotatable bonds is 5. The molecule has 1 aromatic rings. The third-order valence-electron chi connectivity index (χ3n) is 3.72. The molecular weight excluding hydrogens is 262 g/mol. The zero-order valence-corrected chi connectivity index (χ0v) is 12.8. The van der Waals surface area contributed by atoms with Crippen LogP contribution in [0, 0.1) is 17.8 Å². The van der Waals surface area contributed by atoms with Crippen molar-refractivity contribution in [3.8, 4) is 17.6 Å². The van der Waals surface area contributed by atoms with Crippen LogP contribution in [-0.2, 0) is 0 Å².